The van der Waals surface area contributed by atoms with Crippen molar-refractivity contribution < 1.29 is 9.18 Å². The third-order valence-corrected chi connectivity index (χ3v) is 3.69. The van der Waals surface area contributed by atoms with Gasteiger partial charge in [-0.25, -0.2) is 4.39 Å². The number of halogens is 1. The molecule has 98 valence electrons. The Morgan fingerprint density at radius 3 is 2.56 bits per heavy atom. The third kappa shape index (κ3) is 3.09. The Labute approximate surface area is 108 Å². The van der Waals surface area contributed by atoms with Crippen molar-refractivity contribution in [2.75, 3.05) is 6.54 Å². The molecular weight excluding hydrogens is 229 g/mol. The second kappa shape index (κ2) is 5.51. The molecule has 1 aromatic rings. The maximum absolute atomic E-state index is 12.9. The van der Waals surface area contributed by atoms with E-state index in [1.165, 1.54) is 12.1 Å². The fourth-order valence-electron chi connectivity index (χ4n) is 2.22. The summed E-state index contributed by atoms with van der Waals surface area (Å²) < 4.78 is 12.9. The zero-order valence-electron chi connectivity index (χ0n) is 10.8. The van der Waals surface area contributed by atoms with Crippen molar-refractivity contribution in [1.29, 1.82) is 0 Å². The van der Waals surface area contributed by atoms with Gasteiger partial charge in [0.2, 0.25) is 5.91 Å². The highest BCUT2D eigenvalue weighted by molar-refractivity contribution is 5.76. The number of unbranched alkanes of at least 4 members (excludes halogenated alkanes) is 1. The maximum Gasteiger partial charge on any atom is 0.220 e. The van der Waals surface area contributed by atoms with E-state index >= 15 is 0 Å². The quantitative estimate of drug-likeness (QED) is 0.824. The lowest BCUT2D eigenvalue weighted by atomic mass is 9.96. The Morgan fingerprint density at radius 1 is 1.33 bits per heavy atom. The molecular formula is C15H20FNO. The van der Waals surface area contributed by atoms with Crippen LogP contribution in [0.1, 0.15) is 44.6 Å². The lowest BCUT2D eigenvalue weighted by molar-refractivity contribution is -0.121. The van der Waals surface area contributed by atoms with E-state index in [2.05, 4.69) is 12.2 Å². The molecule has 1 fully saturated rings. The van der Waals surface area contributed by atoms with Gasteiger partial charge in [-0.15, -0.1) is 0 Å². The predicted molar refractivity (Wildman–Crippen MR) is 69.8 cm³/mol. The first-order valence-electron chi connectivity index (χ1n) is 6.69. The standard InChI is InChI=1S/C15H20FNO/c1-2-3-4-14(18)17-11-15(9-10-15)12-5-7-13(16)8-6-12/h5-8H,2-4,9-11H2,1H3,(H,17,18). The van der Waals surface area contributed by atoms with Crippen LogP contribution in [-0.2, 0) is 10.2 Å². The fourth-order valence-corrected chi connectivity index (χ4v) is 2.22. The topological polar surface area (TPSA) is 29.1 Å². The van der Waals surface area contributed by atoms with E-state index in [0.29, 0.717) is 13.0 Å². The van der Waals surface area contributed by atoms with Crippen LogP contribution in [0.2, 0.25) is 0 Å². The Kier molecular flexibility index (Phi) is 4.00. The molecule has 18 heavy (non-hydrogen) atoms. The van der Waals surface area contributed by atoms with Crippen LogP contribution in [0.3, 0.4) is 0 Å². The monoisotopic (exact) mass is 249 g/mol. The molecule has 0 heterocycles. The molecule has 2 nitrogen and oxygen atoms in total. The van der Waals surface area contributed by atoms with Crippen LogP contribution >= 0.6 is 0 Å². The number of hydrogen-bond donors (Lipinski definition) is 1. The highest BCUT2D eigenvalue weighted by Crippen LogP contribution is 2.47. The minimum atomic E-state index is -0.207. The van der Waals surface area contributed by atoms with Crippen LogP contribution in [0.4, 0.5) is 4.39 Å². The number of rotatable bonds is 6. The average molecular weight is 249 g/mol. The molecule has 1 aliphatic carbocycles. The lowest BCUT2D eigenvalue weighted by Gasteiger charge is -2.16. The summed E-state index contributed by atoms with van der Waals surface area (Å²) >= 11 is 0. The first-order valence-corrected chi connectivity index (χ1v) is 6.69. The average Bonchev–Trinajstić information content (AvgIpc) is 3.16. The van der Waals surface area contributed by atoms with Crippen molar-refractivity contribution >= 4 is 5.91 Å². The van der Waals surface area contributed by atoms with E-state index in [1.807, 2.05) is 12.1 Å². The molecule has 0 aliphatic heterocycles. The summed E-state index contributed by atoms with van der Waals surface area (Å²) in [7, 11) is 0. The molecule has 1 amide bonds. The van der Waals surface area contributed by atoms with Gasteiger partial charge in [-0.05, 0) is 37.0 Å². The van der Waals surface area contributed by atoms with E-state index in [-0.39, 0.29) is 17.1 Å². The largest absolute Gasteiger partial charge is 0.355 e. The van der Waals surface area contributed by atoms with Gasteiger partial charge in [0.1, 0.15) is 5.82 Å². The second-order valence-corrected chi connectivity index (χ2v) is 5.17. The van der Waals surface area contributed by atoms with Crippen LogP contribution in [-0.4, -0.2) is 12.5 Å². The van der Waals surface area contributed by atoms with Crippen molar-refractivity contribution in [3.8, 4) is 0 Å². The van der Waals surface area contributed by atoms with Gasteiger partial charge in [0.15, 0.2) is 0 Å². The molecule has 2 rings (SSSR count). The van der Waals surface area contributed by atoms with E-state index in [4.69, 9.17) is 0 Å². The number of hydrogen-bond acceptors (Lipinski definition) is 1. The number of nitrogens with one attached hydrogen (secondary N) is 1. The van der Waals surface area contributed by atoms with E-state index in [0.717, 1.165) is 31.2 Å². The number of benzene rings is 1. The number of amides is 1. The summed E-state index contributed by atoms with van der Waals surface area (Å²) in [5.74, 6) is -0.0771. The van der Waals surface area contributed by atoms with Crippen molar-refractivity contribution in [2.45, 2.75) is 44.4 Å². The van der Waals surface area contributed by atoms with Crippen LogP contribution in [0.5, 0.6) is 0 Å². The maximum atomic E-state index is 12.9. The lowest BCUT2D eigenvalue weighted by Crippen LogP contribution is -2.32. The van der Waals surface area contributed by atoms with Crippen LogP contribution in [0.15, 0.2) is 24.3 Å². The minimum Gasteiger partial charge on any atom is -0.355 e. The molecule has 0 bridgehead atoms. The van der Waals surface area contributed by atoms with Crippen LogP contribution in [0.25, 0.3) is 0 Å². The molecule has 3 heteroatoms. The van der Waals surface area contributed by atoms with Gasteiger partial charge in [0.05, 0.1) is 0 Å². The smallest absolute Gasteiger partial charge is 0.220 e. The highest BCUT2D eigenvalue weighted by atomic mass is 19.1. The second-order valence-electron chi connectivity index (χ2n) is 5.17. The number of carbonyl (C=O) groups is 1. The Hall–Kier alpha value is -1.38. The first kappa shape index (κ1) is 13.1. The molecule has 0 atom stereocenters. The summed E-state index contributed by atoms with van der Waals surface area (Å²) in [6.07, 6.45) is 4.74. The SMILES string of the molecule is CCCCC(=O)NCC1(c2ccc(F)cc2)CC1. The summed E-state index contributed by atoms with van der Waals surface area (Å²) in [5, 5.41) is 3.00. The summed E-state index contributed by atoms with van der Waals surface area (Å²) in [4.78, 5) is 11.6. The van der Waals surface area contributed by atoms with Crippen molar-refractivity contribution in [2.24, 2.45) is 0 Å². The van der Waals surface area contributed by atoms with Crippen molar-refractivity contribution in [1.82, 2.24) is 5.32 Å². The zero-order chi connectivity index (χ0) is 13.0. The van der Waals surface area contributed by atoms with Gasteiger partial charge in [-0.1, -0.05) is 25.5 Å². The number of carbonyl (C=O) groups excluding carboxylic acids is 1. The van der Waals surface area contributed by atoms with Gasteiger partial charge in [-0.3, -0.25) is 4.79 Å². The van der Waals surface area contributed by atoms with Crippen molar-refractivity contribution in [3.05, 3.63) is 35.6 Å². The van der Waals surface area contributed by atoms with E-state index in [9.17, 15) is 9.18 Å². The molecule has 0 spiro atoms. The summed E-state index contributed by atoms with van der Waals surface area (Å²) in [6, 6.07) is 6.66. The van der Waals surface area contributed by atoms with Gasteiger partial charge in [0, 0.05) is 18.4 Å². The minimum absolute atomic E-state index is 0.0651. The van der Waals surface area contributed by atoms with Gasteiger partial charge >= 0.3 is 0 Å². The Morgan fingerprint density at radius 2 is 2.00 bits per heavy atom. The summed E-state index contributed by atoms with van der Waals surface area (Å²) in [6.45, 7) is 2.76. The molecule has 0 unspecified atom stereocenters. The van der Waals surface area contributed by atoms with E-state index < -0.39 is 0 Å². The third-order valence-electron chi connectivity index (χ3n) is 3.69. The molecule has 0 radical (unpaired) electrons. The normalized spacial score (nSPS) is 16.3. The van der Waals surface area contributed by atoms with Crippen LogP contribution < -0.4 is 5.32 Å². The summed E-state index contributed by atoms with van der Waals surface area (Å²) in [5.41, 5.74) is 1.20. The predicted octanol–water partition coefficient (Wildman–Crippen LogP) is 3.16. The Bertz CT molecular complexity index is 409. The molecule has 0 saturated heterocycles. The van der Waals surface area contributed by atoms with Gasteiger partial charge < -0.3 is 5.32 Å². The molecule has 1 N–H and O–H groups in total. The Balaban J connectivity index is 1.88. The van der Waals surface area contributed by atoms with Crippen LogP contribution in [0, 0.1) is 5.82 Å². The molecule has 1 aliphatic rings. The molecule has 1 aromatic carbocycles. The first-order chi connectivity index (χ1) is 8.66. The molecule has 0 aromatic heterocycles. The molecule has 1 saturated carbocycles. The van der Waals surface area contributed by atoms with Gasteiger partial charge in [-0.2, -0.15) is 0 Å². The van der Waals surface area contributed by atoms with E-state index in [1.54, 1.807) is 0 Å². The fraction of sp³-hybridized carbons (Fsp3) is 0.533. The van der Waals surface area contributed by atoms with Crippen molar-refractivity contribution in [3.63, 3.8) is 0 Å². The zero-order valence-corrected chi connectivity index (χ0v) is 10.8. The highest BCUT2D eigenvalue weighted by Gasteiger charge is 2.44. The van der Waals surface area contributed by atoms with Gasteiger partial charge in [0.25, 0.3) is 0 Å².